The van der Waals surface area contributed by atoms with Gasteiger partial charge in [0.25, 0.3) is 0 Å². The van der Waals surface area contributed by atoms with Crippen molar-refractivity contribution in [1.29, 1.82) is 0 Å². The summed E-state index contributed by atoms with van der Waals surface area (Å²) in [6.07, 6.45) is 6.90. The first-order valence-corrected chi connectivity index (χ1v) is 9.72. The maximum Gasteiger partial charge on any atom is 0.232 e. The second-order valence-electron chi connectivity index (χ2n) is 6.38. The van der Waals surface area contributed by atoms with Gasteiger partial charge < -0.3 is 5.32 Å². The van der Waals surface area contributed by atoms with E-state index in [9.17, 15) is 13.2 Å². The Kier molecular flexibility index (Phi) is 4.43. The maximum absolute atomic E-state index is 12.4. The molecule has 0 aromatic heterocycles. The lowest BCUT2D eigenvalue weighted by molar-refractivity contribution is -0.120. The summed E-state index contributed by atoms with van der Waals surface area (Å²) >= 11 is 0. The van der Waals surface area contributed by atoms with Crippen LogP contribution in [0.15, 0.2) is 36.4 Å². The first kappa shape index (κ1) is 16.1. The van der Waals surface area contributed by atoms with E-state index in [1.165, 1.54) is 0 Å². The van der Waals surface area contributed by atoms with E-state index < -0.39 is 10.0 Å². The summed E-state index contributed by atoms with van der Waals surface area (Å²) < 4.78 is 26.2. The Balaban J connectivity index is 1.66. The minimum absolute atomic E-state index is 0.0235. The molecule has 0 spiro atoms. The Morgan fingerprint density at radius 1 is 1.22 bits per heavy atom. The summed E-state index contributed by atoms with van der Waals surface area (Å²) in [6, 6.07) is 6.86. The number of carbonyl (C=O) groups is 1. The molecule has 2 bridgehead atoms. The number of nitrogens with one attached hydrogen (secondary N) is 2. The van der Waals surface area contributed by atoms with Crippen LogP contribution in [-0.2, 0) is 14.8 Å². The predicted octanol–water partition coefficient (Wildman–Crippen LogP) is 2.99. The van der Waals surface area contributed by atoms with Crippen LogP contribution in [-0.4, -0.2) is 20.1 Å². The third-order valence-electron chi connectivity index (χ3n) is 4.49. The lowest BCUT2D eigenvalue weighted by Gasteiger charge is -2.18. The van der Waals surface area contributed by atoms with Crippen LogP contribution in [0.5, 0.6) is 0 Å². The van der Waals surface area contributed by atoms with E-state index in [0.29, 0.717) is 29.6 Å². The fourth-order valence-electron chi connectivity index (χ4n) is 3.48. The van der Waals surface area contributed by atoms with Crippen molar-refractivity contribution in [2.24, 2.45) is 17.8 Å². The molecule has 124 valence electrons. The fraction of sp³-hybridized carbons (Fsp3) is 0.471. The van der Waals surface area contributed by atoms with Gasteiger partial charge in [-0.15, -0.1) is 0 Å². The number of carbonyl (C=O) groups excluding carboxylic acids is 1. The van der Waals surface area contributed by atoms with Gasteiger partial charge >= 0.3 is 0 Å². The molecule has 3 rings (SSSR count). The molecule has 1 aromatic rings. The second kappa shape index (κ2) is 6.35. The monoisotopic (exact) mass is 334 g/mol. The Hall–Kier alpha value is -1.82. The predicted molar refractivity (Wildman–Crippen MR) is 91.6 cm³/mol. The van der Waals surface area contributed by atoms with Crippen LogP contribution in [0.1, 0.15) is 26.2 Å². The Morgan fingerprint density at radius 2 is 2.00 bits per heavy atom. The lowest BCUT2D eigenvalue weighted by atomic mass is 9.93. The van der Waals surface area contributed by atoms with Gasteiger partial charge in [-0.25, -0.2) is 8.42 Å². The summed E-state index contributed by atoms with van der Waals surface area (Å²) in [7, 11) is -3.32. The van der Waals surface area contributed by atoms with Gasteiger partial charge in [-0.05, 0) is 49.3 Å². The molecule has 0 aliphatic heterocycles. The molecule has 23 heavy (non-hydrogen) atoms. The van der Waals surface area contributed by atoms with Crippen molar-refractivity contribution in [2.75, 3.05) is 15.8 Å². The van der Waals surface area contributed by atoms with Gasteiger partial charge in [0.15, 0.2) is 0 Å². The van der Waals surface area contributed by atoms with Crippen LogP contribution < -0.4 is 10.0 Å². The van der Waals surface area contributed by atoms with Crippen LogP contribution in [0.25, 0.3) is 0 Å². The highest BCUT2D eigenvalue weighted by Crippen LogP contribution is 2.43. The minimum Gasteiger partial charge on any atom is -0.326 e. The van der Waals surface area contributed by atoms with Crippen molar-refractivity contribution in [2.45, 2.75) is 26.2 Å². The topological polar surface area (TPSA) is 75.3 Å². The van der Waals surface area contributed by atoms with Gasteiger partial charge in [0, 0.05) is 11.6 Å². The zero-order valence-corrected chi connectivity index (χ0v) is 14.0. The zero-order valence-electron chi connectivity index (χ0n) is 13.2. The molecule has 1 fully saturated rings. The van der Waals surface area contributed by atoms with Crippen molar-refractivity contribution in [3.8, 4) is 0 Å². The second-order valence-corrected chi connectivity index (χ2v) is 8.22. The number of rotatable bonds is 6. The van der Waals surface area contributed by atoms with E-state index >= 15 is 0 Å². The maximum atomic E-state index is 12.4. The Bertz CT molecular complexity index is 727. The number of anilines is 2. The summed E-state index contributed by atoms with van der Waals surface area (Å²) in [5, 5.41) is 2.92. The normalized spacial score (nSPS) is 25.5. The number of amides is 1. The van der Waals surface area contributed by atoms with E-state index in [1.807, 2.05) is 6.92 Å². The SMILES string of the molecule is CCCS(=O)(=O)Nc1cccc(NC(=O)[C@H]2C[C@H]3C=C[C@H]2C3)c1. The van der Waals surface area contributed by atoms with Crippen LogP contribution in [0.2, 0.25) is 0 Å². The van der Waals surface area contributed by atoms with Crippen molar-refractivity contribution >= 4 is 27.3 Å². The van der Waals surface area contributed by atoms with E-state index in [2.05, 4.69) is 22.2 Å². The Morgan fingerprint density at radius 3 is 2.65 bits per heavy atom. The van der Waals surface area contributed by atoms with Gasteiger partial charge in [0.05, 0.1) is 11.4 Å². The molecule has 1 aromatic carbocycles. The number of hydrogen-bond donors (Lipinski definition) is 2. The Labute approximate surface area is 137 Å². The lowest BCUT2D eigenvalue weighted by Crippen LogP contribution is -2.26. The molecule has 0 heterocycles. The molecule has 1 amide bonds. The van der Waals surface area contributed by atoms with Gasteiger partial charge in [-0.1, -0.05) is 25.1 Å². The molecule has 0 radical (unpaired) electrons. The van der Waals surface area contributed by atoms with Crippen LogP contribution in [0, 0.1) is 17.8 Å². The third-order valence-corrected chi connectivity index (χ3v) is 5.98. The molecule has 0 unspecified atom stereocenters. The standard InChI is InChI=1S/C17H22N2O3S/c1-2-8-23(21,22)19-15-5-3-4-14(11-15)18-17(20)16-10-12-6-7-13(16)9-12/h3-7,11-13,16,19H,2,8-10H2,1H3,(H,18,20)/t12-,13-,16-/m0/s1. The highest BCUT2D eigenvalue weighted by molar-refractivity contribution is 7.92. The summed E-state index contributed by atoms with van der Waals surface area (Å²) in [6.45, 7) is 1.82. The minimum atomic E-state index is -3.32. The average molecular weight is 334 g/mol. The van der Waals surface area contributed by atoms with Crippen molar-refractivity contribution in [3.05, 3.63) is 36.4 Å². The quantitative estimate of drug-likeness (QED) is 0.785. The fourth-order valence-corrected chi connectivity index (χ4v) is 4.60. The van der Waals surface area contributed by atoms with E-state index in [-0.39, 0.29) is 17.6 Å². The first-order chi connectivity index (χ1) is 11.0. The van der Waals surface area contributed by atoms with Crippen LogP contribution >= 0.6 is 0 Å². The summed E-state index contributed by atoms with van der Waals surface area (Å²) in [4.78, 5) is 12.4. The highest BCUT2D eigenvalue weighted by atomic mass is 32.2. The van der Waals surface area contributed by atoms with Crippen molar-refractivity contribution in [3.63, 3.8) is 0 Å². The van der Waals surface area contributed by atoms with Crippen molar-refractivity contribution in [1.82, 2.24) is 0 Å². The van der Waals surface area contributed by atoms with Gasteiger partial charge in [0.1, 0.15) is 0 Å². The first-order valence-electron chi connectivity index (χ1n) is 8.06. The molecule has 2 N–H and O–H groups in total. The third kappa shape index (κ3) is 3.75. The molecule has 0 saturated heterocycles. The van der Waals surface area contributed by atoms with Gasteiger partial charge in [-0.3, -0.25) is 9.52 Å². The smallest absolute Gasteiger partial charge is 0.232 e. The summed E-state index contributed by atoms with van der Waals surface area (Å²) in [5.74, 6) is 1.04. The van der Waals surface area contributed by atoms with Gasteiger partial charge in [0.2, 0.25) is 15.9 Å². The van der Waals surface area contributed by atoms with E-state index in [4.69, 9.17) is 0 Å². The van der Waals surface area contributed by atoms with E-state index in [0.717, 1.165) is 12.8 Å². The number of allylic oxidation sites excluding steroid dienone is 2. The number of sulfonamides is 1. The number of benzene rings is 1. The molecule has 6 heteroatoms. The molecule has 2 aliphatic carbocycles. The largest absolute Gasteiger partial charge is 0.326 e. The number of fused-ring (bicyclic) bond motifs is 2. The van der Waals surface area contributed by atoms with Gasteiger partial charge in [-0.2, -0.15) is 0 Å². The number of hydrogen-bond acceptors (Lipinski definition) is 3. The van der Waals surface area contributed by atoms with Crippen molar-refractivity contribution < 1.29 is 13.2 Å². The molecule has 5 nitrogen and oxygen atoms in total. The molecule has 1 saturated carbocycles. The zero-order chi connectivity index (χ0) is 16.4. The summed E-state index contributed by atoms with van der Waals surface area (Å²) in [5.41, 5.74) is 1.10. The van der Waals surface area contributed by atoms with Crippen LogP contribution in [0.4, 0.5) is 11.4 Å². The van der Waals surface area contributed by atoms with E-state index in [1.54, 1.807) is 24.3 Å². The molecular formula is C17H22N2O3S. The molecule has 3 atom stereocenters. The molecular weight excluding hydrogens is 312 g/mol. The van der Waals surface area contributed by atoms with Crippen LogP contribution in [0.3, 0.4) is 0 Å². The molecule has 2 aliphatic rings. The highest BCUT2D eigenvalue weighted by Gasteiger charge is 2.39. The average Bonchev–Trinajstić information content (AvgIpc) is 3.09.